The van der Waals surface area contributed by atoms with Crippen molar-refractivity contribution in [2.24, 2.45) is 11.7 Å². The van der Waals surface area contributed by atoms with Gasteiger partial charge < -0.3 is 5.73 Å². The van der Waals surface area contributed by atoms with Crippen LogP contribution in [0.15, 0.2) is 0 Å². The number of likely N-dealkylation sites (N-methyl/N-ethyl adjacent to an activating group) is 1. The summed E-state index contributed by atoms with van der Waals surface area (Å²) in [5, 5.41) is 0. The van der Waals surface area contributed by atoms with Gasteiger partial charge in [-0.2, -0.15) is 12.7 Å². The van der Waals surface area contributed by atoms with Gasteiger partial charge >= 0.3 is 0 Å². The molecule has 80 valence electrons. The fourth-order valence-corrected chi connectivity index (χ4v) is 1.79. The number of nitrogens with zero attached hydrogens (tertiary/aromatic N) is 1. The normalized spacial score (nSPS) is 12.8. The lowest BCUT2D eigenvalue weighted by atomic mass is 10.2. The predicted octanol–water partition coefficient (Wildman–Crippen LogP) is -0.633. The largest absolute Gasteiger partial charge is 0.329 e. The monoisotopic (exact) mass is 209 g/mol. The molecule has 0 spiro atoms. The van der Waals surface area contributed by atoms with Crippen molar-refractivity contribution in [1.82, 2.24) is 9.03 Å². The van der Waals surface area contributed by atoms with Crippen molar-refractivity contribution in [3.05, 3.63) is 0 Å². The van der Waals surface area contributed by atoms with Crippen molar-refractivity contribution < 1.29 is 8.42 Å². The van der Waals surface area contributed by atoms with Crippen molar-refractivity contribution in [2.75, 3.05) is 26.7 Å². The van der Waals surface area contributed by atoms with Gasteiger partial charge in [0.05, 0.1) is 0 Å². The van der Waals surface area contributed by atoms with Gasteiger partial charge in [0.25, 0.3) is 10.2 Å². The zero-order valence-corrected chi connectivity index (χ0v) is 9.26. The van der Waals surface area contributed by atoms with E-state index in [0.717, 1.165) is 0 Å². The summed E-state index contributed by atoms with van der Waals surface area (Å²) in [6, 6.07) is 0. The fraction of sp³-hybridized carbons (Fsp3) is 1.00. The Labute approximate surface area is 80.5 Å². The van der Waals surface area contributed by atoms with Crippen LogP contribution in [-0.2, 0) is 10.2 Å². The second-order valence-corrected chi connectivity index (χ2v) is 5.22. The summed E-state index contributed by atoms with van der Waals surface area (Å²) in [6.07, 6.45) is 0. The predicted molar refractivity (Wildman–Crippen MR) is 53.4 cm³/mol. The molecule has 0 unspecified atom stereocenters. The molecule has 6 heteroatoms. The Hall–Kier alpha value is -0.170. The highest BCUT2D eigenvalue weighted by Crippen LogP contribution is 1.95. The van der Waals surface area contributed by atoms with Crippen LogP contribution < -0.4 is 10.5 Å². The van der Waals surface area contributed by atoms with Gasteiger partial charge in [0.1, 0.15) is 0 Å². The quantitative estimate of drug-likeness (QED) is 0.611. The van der Waals surface area contributed by atoms with Crippen LogP contribution in [0.5, 0.6) is 0 Å². The molecule has 0 aliphatic rings. The minimum Gasteiger partial charge on any atom is -0.329 e. The van der Waals surface area contributed by atoms with Gasteiger partial charge in [0, 0.05) is 26.7 Å². The molecule has 3 N–H and O–H groups in total. The van der Waals surface area contributed by atoms with Gasteiger partial charge in [-0.25, -0.2) is 4.72 Å². The van der Waals surface area contributed by atoms with Gasteiger partial charge in [-0.05, 0) is 5.92 Å². The first kappa shape index (κ1) is 12.8. The van der Waals surface area contributed by atoms with E-state index in [0.29, 0.717) is 25.6 Å². The van der Waals surface area contributed by atoms with E-state index < -0.39 is 10.2 Å². The van der Waals surface area contributed by atoms with E-state index in [9.17, 15) is 8.42 Å². The highest BCUT2D eigenvalue weighted by Gasteiger charge is 2.15. The Morgan fingerprint density at radius 3 is 2.38 bits per heavy atom. The van der Waals surface area contributed by atoms with Crippen molar-refractivity contribution >= 4 is 10.2 Å². The Balaban J connectivity index is 4.07. The SMILES string of the molecule is CC(C)CNS(=O)(=O)N(C)CCN. The molecule has 0 aliphatic carbocycles. The van der Waals surface area contributed by atoms with E-state index in [1.54, 1.807) is 0 Å². The lowest BCUT2D eigenvalue weighted by Crippen LogP contribution is -2.41. The van der Waals surface area contributed by atoms with Gasteiger partial charge in [-0.15, -0.1) is 0 Å². The lowest BCUT2D eigenvalue weighted by Gasteiger charge is -2.17. The minimum atomic E-state index is -3.31. The van der Waals surface area contributed by atoms with Crippen molar-refractivity contribution in [3.63, 3.8) is 0 Å². The molecule has 0 aromatic rings. The summed E-state index contributed by atoms with van der Waals surface area (Å²) in [7, 11) is -1.80. The Kier molecular flexibility index (Phi) is 5.46. The molecule has 0 fully saturated rings. The summed E-state index contributed by atoms with van der Waals surface area (Å²) in [4.78, 5) is 0. The highest BCUT2D eigenvalue weighted by atomic mass is 32.2. The molecule has 13 heavy (non-hydrogen) atoms. The number of rotatable bonds is 6. The van der Waals surface area contributed by atoms with Crippen LogP contribution >= 0.6 is 0 Å². The Bertz CT molecular complexity index is 226. The Morgan fingerprint density at radius 2 is 2.00 bits per heavy atom. The number of nitrogens with one attached hydrogen (secondary N) is 1. The van der Waals surface area contributed by atoms with Crippen LogP contribution in [0, 0.1) is 5.92 Å². The molecule has 0 aromatic heterocycles. The molecule has 0 radical (unpaired) electrons. The lowest BCUT2D eigenvalue weighted by molar-refractivity contribution is 0.458. The molecule has 0 aliphatic heterocycles. The summed E-state index contributed by atoms with van der Waals surface area (Å²) < 4.78 is 26.5. The van der Waals surface area contributed by atoms with Crippen LogP contribution in [0.1, 0.15) is 13.8 Å². The molecular formula is C7H19N3O2S. The average Bonchev–Trinajstić information content (AvgIpc) is 2.01. The first-order chi connectivity index (χ1) is 5.90. The van der Waals surface area contributed by atoms with Gasteiger partial charge in [0.15, 0.2) is 0 Å². The molecule has 0 heterocycles. The molecule has 0 atom stereocenters. The third-order valence-corrected chi connectivity index (χ3v) is 3.06. The van der Waals surface area contributed by atoms with E-state index in [-0.39, 0.29) is 0 Å². The average molecular weight is 209 g/mol. The van der Waals surface area contributed by atoms with E-state index in [1.165, 1.54) is 11.4 Å². The van der Waals surface area contributed by atoms with Crippen LogP contribution in [0.2, 0.25) is 0 Å². The standard InChI is InChI=1S/C7H19N3O2S/c1-7(2)6-9-13(11,12)10(3)5-4-8/h7,9H,4-6,8H2,1-3H3. The minimum absolute atomic E-state index is 0.307. The van der Waals surface area contributed by atoms with Crippen LogP contribution in [0.4, 0.5) is 0 Å². The third-order valence-electron chi connectivity index (χ3n) is 1.53. The molecule has 0 bridgehead atoms. The summed E-state index contributed by atoms with van der Waals surface area (Å²) >= 11 is 0. The van der Waals surface area contributed by atoms with Crippen molar-refractivity contribution in [2.45, 2.75) is 13.8 Å². The second kappa shape index (κ2) is 5.54. The van der Waals surface area contributed by atoms with E-state index in [4.69, 9.17) is 5.73 Å². The Morgan fingerprint density at radius 1 is 1.46 bits per heavy atom. The maximum absolute atomic E-state index is 11.4. The van der Waals surface area contributed by atoms with Gasteiger partial charge in [0.2, 0.25) is 0 Å². The van der Waals surface area contributed by atoms with Crippen molar-refractivity contribution in [3.8, 4) is 0 Å². The van der Waals surface area contributed by atoms with Crippen LogP contribution in [-0.4, -0.2) is 39.4 Å². The number of hydrogen-bond donors (Lipinski definition) is 2. The molecule has 0 amide bonds. The van der Waals surface area contributed by atoms with Crippen LogP contribution in [0.25, 0.3) is 0 Å². The second-order valence-electron chi connectivity index (χ2n) is 3.36. The molecule has 0 saturated carbocycles. The molecule has 0 aromatic carbocycles. The molecule has 5 nitrogen and oxygen atoms in total. The van der Waals surface area contributed by atoms with Crippen molar-refractivity contribution in [1.29, 1.82) is 0 Å². The van der Waals surface area contributed by atoms with E-state index >= 15 is 0 Å². The van der Waals surface area contributed by atoms with Gasteiger partial charge in [-0.3, -0.25) is 0 Å². The topological polar surface area (TPSA) is 75.4 Å². The zero-order valence-electron chi connectivity index (χ0n) is 8.45. The van der Waals surface area contributed by atoms with E-state index in [1.807, 2.05) is 13.8 Å². The third kappa shape index (κ3) is 5.20. The maximum atomic E-state index is 11.4. The fourth-order valence-electron chi connectivity index (χ4n) is 0.684. The molecular weight excluding hydrogens is 190 g/mol. The summed E-state index contributed by atoms with van der Waals surface area (Å²) in [5.41, 5.74) is 5.25. The number of nitrogens with two attached hydrogens (primary N) is 1. The first-order valence-electron chi connectivity index (χ1n) is 4.31. The zero-order chi connectivity index (χ0) is 10.5. The smallest absolute Gasteiger partial charge is 0.279 e. The molecule has 0 rings (SSSR count). The first-order valence-corrected chi connectivity index (χ1v) is 5.75. The number of hydrogen-bond acceptors (Lipinski definition) is 3. The van der Waals surface area contributed by atoms with E-state index in [2.05, 4.69) is 4.72 Å². The summed E-state index contributed by atoms with van der Waals surface area (Å²) in [5.74, 6) is 0.307. The van der Waals surface area contributed by atoms with Crippen LogP contribution in [0.3, 0.4) is 0 Å². The van der Waals surface area contributed by atoms with Gasteiger partial charge in [-0.1, -0.05) is 13.8 Å². The molecule has 0 saturated heterocycles. The maximum Gasteiger partial charge on any atom is 0.279 e. The highest BCUT2D eigenvalue weighted by molar-refractivity contribution is 7.87. The summed E-state index contributed by atoms with van der Waals surface area (Å²) in [6.45, 7) is 5.03.